The van der Waals surface area contributed by atoms with Gasteiger partial charge >= 0.3 is 0 Å². The molecule has 1 aliphatic rings. The van der Waals surface area contributed by atoms with E-state index in [9.17, 15) is 4.79 Å². The highest BCUT2D eigenvalue weighted by atomic mass is 16.1. The monoisotopic (exact) mass is 323 g/mol. The van der Waals surface area contributed by atoms with E-state index in [1.54, 1.807) is 12.4 Å². The fourth-order valence-electron chi connectivity index (χ4n) is 3.20. The van der Waals surface area contributed by atoms with Gasteiger partial charge in [-0.1, -0.05) is 24.3 Å². The van der Waals surface area contributed by atoms with Gasteiger partial charge in [0.15, 0.2) is 0 Å². The summed E-state index contributed by atoms with van der Waals surface area (Å²) in [7, 11) is 0. The quantitative estimate of drug-likeness (QED) is 0.857. The van der Waals surface area contributed by atoms with Crippen molar-refractivity contribution in [2.45, 2.75) is 32.2 Å². The van der Waals surface area contributed by atoms with Crippen molar-refractivity contribution in [1.82, 2.24) is 15.6 Å². The van der Waals surface area contributed by atoms with Crippen molar-refractivity contribution in [2.24, 2.45) is 5.92 Å². The highest BCUT2D eigenvalue weighted by Crippen LogP contribution is 2.21. The Hall–Kier alpha value is -2.20. The predicted molar refractivity (Wildman–Crippen MR) is 96.4 cm³/mol. The number of carbonyl (C=O) groups is 1. The molecule has 2 heterocycles. The topological polar surface area (TPSA) is 54.0 Å². The van der Waals surface area contributed by atoms with Crippen molar-refractivity contribution in [3.05, 3.63) is 54.4 Å². The Kier molecular flexibility index (Phi) is 5.59. The smallest absolute Gasteiger partial charge is 0.220 e. The first-order valence-electron chi connectivity index (χ1n) is 8.73. The standard InChI is InChI=1S/C20H25N3O/c1-15(23-20(24)7-2-16-8-11-22-14-16)17-3-5-18(6-4-17)19-9-12-21-13-10-19/h3-6,9-10,12-13,15-16,22H,2,7-8,11,14H2,1H3,(H,23,24). The van der Waals surface area contributed by atoms with Crippen LogP contribution in [0.15, 0.2) is 48.8 Å². The molecule has 0 spiro atoms. The fourth-order valence-corrected chi connectivity index (χ4v) is 3.20. The second-order valence-electron chi connectivity index (χ2n) is 6.54. The molecule has 1 saturated heterocycles. The van der Waals surface area contributed by atoms with Crippen LogP contribution in [0.25, 0.3) is 11.1 Å². The van der Waals surface area contributed by atoms with E-state index in [0.717, 1.165) is 36.2 Å². The van der Waals surface area contributed by atoms with Crippen molar-refractivity contribution < 1.29 is 4.79 Å². The maximum absolute atomic E-state index is 12.1. The van der Waals surface area contributed by atoms with E-state index in [1.807, 2.05) is 19.1 Å². The minimum atomic E-state index is 0.0330. The number of benzene rings is 1. The summed E-state index contributed by atoms with van der Waals surface area (Å²) in [5.41, 5.74) is 3.44. The van der Waals surface area contributed by atoms with Crippen LogP contribution < -0.4 is 10.6 Å². The van der Waals surface area contributed by atoms with Crippen LogP contribution >= 0.6 is 0 Å². The molecule has 2 N–H and O–H groups in total. The van der Waals surface area contributed by atoms with Gasteiger partial charge in [0.25, 0.3) is 0 Å². The van der Waals surface area contributed by atoms with E-state index in [2.05, 4.69) is 39.9 Å². The molecule has 1 aromatic carbocycles. The molecular formula is C20H25N3O. The molecule has 1 amide bonds. The maximum Gasteiger partial charge on any atom is 0.220 e. The zero-order valence-corrected chi connectivity index (χ0v) is 14.2. The van der Waals surface area contributed by atoms with Crippen molar-refractivity contribution in [2.75, 3.05) is 13.1 Å². The summed E-state index contributed by atoms with van der Waals surface area (Å²) in [6.07, 6.45) is 6.38. The number of pyridine rings is 1. The molecule has 3 rings (SSSR count). The SMILES string of the molecule is CC(NC(=O)CCC1CCNC1)c1ccc(-c2ccncc2)cc1. The Morgan fingerprint density at radius 1 is 1.21 bits per heavy atom. The third-order valence-corrected chi connectivity index (χ3v) is 4.74. The average Bonchev–Trinajstić information content (AvgIpc) is 3.14. The van der Waals surface area contributed by atoms with Gasteiger partial charge in [-0.3, -0.25) is 9.78 Å². The van der Waals surface area contributed by atoms with Crippen molar-refractivity contribution >= 4 is 5.91 Å². The lowest BCUT2D eigenvalue weighted by Crippen LogP contribution is -2.27. The molecule has 1 aromatic heterocycles. The predicted octanol–water partition coefficient (Wildman–Crippen LogP) is 3.32. The molecule has 0 bridgehead atoms. The Balaban J connectivity index is 1.52. The summed E-state index contributed by atoms with van der Waals surface area (Å²) >= 11 is 0. The number of hydrogen-bond acceptors (Lipinski definition) is 3. The molecule has 4 nitrogen and oxygen atoms in total. The maximum atomic E-state index is 12.1. The minimum Gasteiger partial charge on any atom is -0.350 e. The van der Waals surface area contributed by atoms with Gasteiger partial charge in [-0.15, -0.1) is 0 Å². The van der Waals surface area contributed by atoms with Crippen LogP contribution in [-0.4, -0.2) is 24.0 Å². The third kappa shape index (κ3) is 4.42. The van der Waals surface area contributed by atoms with E-state index >= 15 is 0 Å². The second-order valence-corrected chi connectivity index (χ2v) is 6.54. The van der Waals surface area contributed by atoms with E-state index in [1.165, 1.54) is 6.42 Å². The van der Waals surface area contributed by atoms with E-state index in [-0.39, 0.29) is 11.9 Å². The van der Waals surface area contributed by atoms with E-state index < -0.39 is 0 Å². The average molecular weight is 323 g/mol. The first-order valence-corrected chi connectivity index (χ1v) is 8.73. The number of nitrogens with zero attached hydrogens (tertiary/aromatic N) is 1. The first-order chi connectivity index (χ1) is 11.7. The molecule has 24 heavy (non-hydrogen) atoms. The number of carbonyl (C=O) groups excluding carboxylic acids is 1. The van der Waals surface area contributed by atoms with Gasteiger partial charge < -0.3 is 10.6 Å². The zero-order valence-electron chi connectivity index (χ0n) is 14.2. The number of rotatable bonds is 6. The summed E-state index contributed by atoms with van der Waals surface area (Å²) in [6, 6.07) is 12.4. The molecule has 126 valence electrons. The van der Waals surface area contributed by atoms with E-state index in [0.29, 0.717) is 12.3 Å². The van der Waals surface area contributed by atoms with Crippen LogP contribution in [0.2, 0.25) is 0 Å². The number of amides is 1. The molecule has 2 atom stereocenters. The van der Waals surface area contributed by atoms with Crippen LogP contribution in [0.5, 0.6) is 0 Å². The highest BCUT2D eigenvalue weighted by Gasteiger charge is 2.16. The summed E-state index contributed by atoms with van der Waals surface area (Å²) in [5, 5.41) is 6.46. The Morgan fingerprint density at radius 3 is 2.58 bits per heavy atom. The zero-order chi connectivity index (χ0) is 16.8. The molecule has 1 aliphatic heterocycles. The summed E-state index contributed by atoms with van der Waals surface area (Å²) in [5.74, 6) is 0.804. The molecular weight excluding hydrogens is 298 g/mol. The number of hydrogen-bond donors (Lipinski definition) is 2. The lowest BCUT2D eigenvalue weighted by Gasteiger charge is -2.16. The normalized spacial score (nSPS) is 18.3. The van der Waals surface area contributed by atoms with Crippen molar-refractivity contribution in [3.8, 4) is 11.1 Å². The van der Waals surface area contributed by atoms with Crippen LogP contribution in [0.4, 0.5) is 0 Å². The summed E-state index contributed by atoms with van der Waals surface area (Å²) in [6.45, 7) is 4.18. The molecule has 0 radical (unpaired) electrons. The van der Waals surface area contributed by atoms with Gasteiger partial charge in [0, 0.05) is 18.8 Å². The minimum absolute atomic E-state index is 0.0330. The van der Waals surface area contributed by atoms with Crippen molar-refractivity contribution in [3.63, 3.8) is 0 Å². The van der Waals surface area contributed by atoms with Crippen molar-refractivity contribution in [1.29, 1.82) is 0 Å². The van der Waals surface area contributed by atoms with Gasteiger partial charge in [0.1, 0.15) is 0 Å². The van der Waals surface area contributed by atoms with Gasteiger partial charge in [-0.25, -0.2) is 0 Å². The molecule has 2 unspecified atom stereocenters. The second kappa shape index (κ2) is 8.06. The number of nitrogens with one attached hydrogen (secondary N) is 2. The molecule has 4 heteroatoms. The Morgan fingerprint density at radius 2 is 1.92 bits per heavy atom. The van der Waals surface area contributed by atoms with Crippen LogP contribution in [0.1, 0.15) is 37.8 Å². The van der Waals surface area contributed by atoms with Gasteiger partial charge in [0.2, 0.25) is 5.91 Å². The molecule has 0 saturated carbocycles. The lowest BCUT2D eigenvalue weighted by atomic mass is 10.0. The van der Waals surface area contributed by atoms with Gasteiger partial charge in [-0.2, -0.15) is 0 Å². The van der Waals surface area contributed by atoms with Crippen LogP contribution in [0, 0.1) is 5.92 Å². The number of aromatic nitrogens is 1. The fraction of sp³-hybridized carbons (Fsp3) is 0.400. The van der Waals surface area contributed by atoms with Crippen LogP contribution in [-0.2, 0) is 4.79 Å². The summed E-state index contributed by atoms with van der Waals surface area (Å²) in [4.78, 5) is 16.2. The largest absolute Gasteiger partial charge is 0.350 e. The summed E-state index contributed by atoms with van der Waals surface area (Å²) < 4.78 is 0. The third-order valence-electron chi connectivity index (χ3n) is 4.74. The Labute approximate surface area is 143 Å². The Bertz CT molecular complexity index is 648. The lowest BCUT2D eigenvalue weighted by molar-refractivity contribution is -0.122. The van der Waals surface area contributed by atoms with Gasteiger partial charge in [-0.05, 0) is 67.6 Å². The molecule has 2 aromatic rings. The van der Waals surface area contributed by atoms with Crippen LogP contribution in [0.3, 0.4) is 0 Å². The highest BCUT2D eigenvalue weighted by molar-refractivity contribution is 5.76. The molecule has 1 fully saturated rings. The van der Waals surface area contributed by atoms with E-state index in [4.69, 9.17) is 0 Å². The molecule has 0 aliphatic carbocycles. The first kappa shape index (κ1) is 16.7. The van der Waals surface area contributed by atoms with Gasteiger partial charge in [0.05, 0.1) is 6.04 Å².